The lowest BCUT2D eigenvalue weighted by molar-refractivity contribution is -0.119. The molecule has 2 rings (SSSR count). The summed E-state index contributed by atoms with van der Waals surface area (Å²) in [5, 5.41) is 2.59. The summed E-state index contributed by atoms with van der Waals surface area (Å²) in [5.74, 6) is -1.08. The third-order valence-electron chi connectivity index (χ3n) is 3.46. The molecule has 0 spiro atoms. The Morgan fingerprint density at radius 2 is 1.88 bits per heavy atom. The number of carbonyl (C=O) groups is 1. The van der Waals surface area contributed by atoms with Gasteiger partial charge >= 0.3 is 0 Å². The molecule has 0 aliphatic carbocycles. The summed E-state index contributed by atoms with van der Waals surface area (Å²) >= 11 is 0. The second kappa shape index (κ2) is 9.30. The molecular formula is C18H21FN2O4S. The molecule has 0 saturated heterocycles. The van der Waals surface area contributed by atoms with E-state index in [9.17, 15) is 17.6 Å². The average Bonchev–Trinajstić information content (AvgIpc) is 2.59. The minimum Gasteiger partial charge on any atom is -0.375 e. The van der Waals surface area contributed by atoms with Crippen LogP contribution in [0.2, 0.25) is 0 Å². The monoisotopic (exact) mass is 380 g/mol. The van der Waals surface area contributed by atoms with Gasteiger partial charge in [-0.2, -0.15) is 0 Å². The van der Waals surface area contributed by atoms with Crippen molar-refractivity contribution in [3.05, 3.63) is 66.0 Å². The molecule has 0 unspecified atom stereocenters. The van der Waals surface area contributed by atoms with Gasteiger partial charge in [0.2, 0.25) is 15.9 Å². The van der Waals surface area contributed by atoms with Crippen LogP contribution in [0.1, 0.15) is 5.56 Å². The number of halogens is 1. The predicted molar refractivity (Wildman–Crippen MR) is 97.7 cm³/mol. The van der Waals surface area contributed by atoms with E-state index in [2.05, 4.69) is 5.32 Å². The molecule has 0 aromatic heterocycles. The van der Waals surface area contributed by atoms with Crippen LogP contribution >= 0.6 is 0 Å². The number of ether oxygens (including phenoxy) is 1. The van der Waals surface area contributed by atoms with Gasteiger partial charge < -0.3 is 10.1 Å². The van der Waals surface area contributed by atoms with Gasteiger partial charge in [0.05, 0.1) is 25.2 Å². The number of nitrogens with one attached hydrogen (secondary N) is 1. The first kappa shape index (κ1) is 19.9. The zero-order chi connectivity index (χ0) is 19.0. The number of carbonyl (C=O) groups excluding carboxylic acids is 1. The number of amides is 1. The first-order chi connectivity index (χ1) is 12.4. The lowest BCUT2D eigenvalue weighted by Gasteiger charge is -2.21. The van der Waals surface area contributed by atoms with Crippen LogP contribution < -0.4 is 9.62 Å². The highest BCUT2D eigenvalue weighted by Gasteiger charge is 2.21. The average molecular weight is 380 g/mol. The van der Waals surface area contributed by atoms with Gasteiger partial charge in [0.15, 0.2) is 0 Å². The van der Waals surface area contributed by atoms with Crippen molar-refractivity contribution in [3.63, 3.8) is 0 Å². The summed E-state index contributed by atoms with van der Waals surface area (Å²) in [7, 11) is -3.73. The fourth-order valence-corrected chi connectivity index (χ4v) is 3.09. The summed E-state index contributed by atoms with van der Waals surface area (Å²) in [6.45, 7) is 0.530. The predicted octanol–water partition coefficient (Wildman–Crippen LogP) is 1.92. The summed E-state index contributed by atoms with van der Waals surface area (Å²) in [4.78, 5) is 12.0. The highest BCUT2D eigenvalue weighted by molar-refractivity contribution is 7.92. The third-order valence-corrected chi connectivity index (χ3v) is 4.60. The topological polar surface area (TPSA) is 75.7 Å². The summed E-state index contributed by atoms with van der Waals surface area (Å²) < 4.78 is 43.5. The maximum atomic E-state index is 13.3. The van der Waals surface area contributed by atoms with E-state index < -0.39 is 28.3 Å². The van der Waals surface area contributed by atoms with Crippen molar-refractivity contribution < 1.29 is 22.3 Å². The standard InChI is InChI=1S/C18H21FN2O4S/c1-26(23,24)21(17-9-5-8-16(19)12-17)13-18(22)20-10-11-25-14-15-6-3-2-4-7-15/h2-9,12H,10-11,13-14H2,1H3,(H,20,22). The van der Waals surface area contributed by atoms with E-state index in [0.29, 0.717) is 13.2 Å². The van der Waals surface area contributed by atoms with Gasteiger partial charge in [-0.25, -0.2) is 12.8 Å². The van der Waals surface area contributed by atoms with Crippen LogP contribution in [-0.2, 0) is 26.2 Å². The number of rotatable bonds is 9. The van der Waals surface area contributed by atoms with Crippen molar-refractivity contribution in [3.8, 4) is 0 Å². The Balaban J connectivity index is 1.82. The number of nitrogens with zero attached hydrogens (tertiary/aromatic N) is 1. The highest BCUT2D eigenvalue weighted by Crippen LogP contribution is 2.18. The minimum absolute atomic E-state index is 0.1000. The first-order valence-corrected chi connectivity index (χ1v) is 9.83. The summed E-state index contributed by atoms with van der Waals surface area (Å²) in [5.41, 5.74) is 1.12. The van der Waals surface area contributed by atoms with Crippen LogP contribution in [0.3, 0.4) is 0 Å². The fourth-order valence-electron chi connectivity index (χ4n) is 2.24. The van der Waals surface area contributed by atoms with Gasteiger partial charge in [-0.05, 0) is 23.8 Å². The molecule has 140 valence electrons. The van der Waals surface area contributed by atoms with Crippen molar-refractivity contribution in [2.75, 3.05) is 30.3 Å². The lowest BCUT2D eigenvalue weighted by atomic mass is 10.2. The van der Waals surface area contributed by atoms with Crippen LogP contribution in [0.5, 0.6) is 0 Å². The normalized spacial score (nSPS) is 11.2. The Labute approximate surface area is 152 Å². The van der Waals surface area contributed by atoms with Crippen molar-refractivity contribution in [2.24, 2.45) is 0 Å². The van der Waals surface area contributed by atoms with E-state index in [4.69, 9.17) is 4.74 Å². The molecular weight excluding hydrogens is 359 g/mol. The number of hydrogen-bond donors (Lipinski definition) is 1. The molecule has 0 fully saturated rings. The van der Waals surface area contributed by atoms with Crippen LogP contribution in [-0.4, -0.2) is 40.3 Å². The Morgan fingerprint density at radius 1 is 1.15 bits per heavy atom. The maximum Gasteiger partial charge on any atom is 0.240 e. The maximum absolute atomic E-state index is 13.3. The van der Waals surface area contributed by atoms with Gasteiger partial charge in [-0.3, -0.25) is 9.10 Å². The van der Waals surface area contributed by atoms with Crippen molar-refractivity contribution in [2.45, 2.75) is 6.61 Å². The van der Waals surface area contributed by atoms with E-state index in [1.54, 1.807) is 0 Å². The lowest BCUT2D eigenvalue weighted by Crippen LogP contribution is -2.41. The quantitative estimate of drug-likeness (QED) is 0.675. The molecule has 2 aromatic rings. The van der Waals surface area contributed by atoms with Gasteiger partial charge in [-0.1, -0.05) is 36.4 Å². The second-order valence-corrected chi connectivity index (χ2v) is 7.54. The Bertz CT molecular complexity index is 828. The SMILES string of the molecule is CS(=O)(=O)N(CC(=O)NCCOCc1ccccc1)c1cccc(F)c1. The van der Waals surface area contributed by atoms with Crippen molar-refractivity contribution >= 4 is 21.6 Å². The Kier molecular flexibility index (Phi) is 7.11. The van der Waals surface area contributed by atoms with E-state index in [-0.39, 0.29) is 12.2 Å². The molecule has 0 saturated carbocycles. The largest absolute Gasteiger partial charge is 0.375 e. The summed E-state index contributed by atoms with van der Waals surface area (Å²) in [6.07, 6.45) is 0.966. The molecule has 0 aliphatic rings. The molecule has 1 amide bonds. The van der Waals surface area contributed by atoms with E-state index in [1.807, 2.05) is 30.3 Å². The van der Waals surface area contributed by atoms with Gasteiger partial charge in [0.1, 0.15) is 12.4 Å². The van der Waals surface area contributed by atoms with E-state index >= 15 is 0 Å². The zero-order valence-corrected chi connectivity index (χ0v) is 15.2. The Hall–Kier alpha value is -2.45. The molecule has 0 radical (unpaired) electrons. The second-order valence-electron chi connectivity index (χ2n) is 5.64. The minimum atomic E-state index is -3.73. The first-order valence-electron chi connectivity index (χ1n) is 7.98. The highest BCUT2D eigenvalue weighted by atomic mass is 32.2. The number of sulfonamides is 1. The van der Waals surface area contributed by atoms with Crippen LogP contribution in [0, 0.1) is 5.82 Å². The number of benzene rings is 2. The van der Waals surface area contributed by atoms with Crippen molar-refractivity contribution in [1.82, 2.24) is 5.32 Å². The van der Waals surface area contributed by atoms with Crippen molar-refractivity contribution in [1.29, 1.82) is 0 Å². The zero-order valence-electron chi connectivity index (χ0n) is 14.4. The number of hydrogen-bond acceptors (Lipinski definition) is 4. The molecule has 8 heteroatoms. The molecule has 2 aromatic carbocycles. The molecule has 0 aliphatic heterocycles. The molecule has 0 bridgehead atoms. The molecule has 26 heavy (non-hydrogen) atoms. The molecule has 1 N–H and O–H groups in total. The van der Waals surface area contributed by atoms with Gasteiger partial charge in [-0.15, -0.1) is 0 Å². The van der Waals surface area contributed by atoms with Crippen LogP contribution in [0.15, 0.2) is 54.6 Å². The Morgan fingerprint density at radius 3 is 2.54 bits per heavy atom. The molecule has 0 atom stereocenters. The van der Waals surface area contributed by atoms with Crippen LogP contribution in [0.25, 0.3) is 0 Å². The summed E-state index contributed by atoms with van der Waals surface area (Å²) in [6, 6.07) is 14.7. The van der Waals surface area contributed by atoms with Gasteiger partial charge in [0.25, 0.3) is 0 Å². The van der Waals surface area contributed by atoms with E-state index in [0.717, 1.165) is 22.2 Å². The smallest absolute Gasteiger partial charge is 0.240 e. The fraction of sp³-hybridized carbons (Fsp3) is 0.278. The third kappa shape index (κ3) is 6.45. The van der Waals surface area contributed by atoms with E-state index in [1.165, 1.54) is 18.2 Å². The molecule has 0 heterocycles. The number of anilines is 1. The van der Waals surface area contributed by atoms with Gasteiger partial charge in [0, 0.05) is 6.54 Å². The molecule has 6 nitrogen and oxygen atoms in total. The van der Waals surface area contributed by atoms with Crippen LogP contribution in [0.4, 0.5) is 10.1 Å².